The number of carbonyl (C=O) groups is 1. The van der Waals surface area contributed by atoms with Crippen molar-refractivity contribution in [3.8, 4) is 0 Å². The first-order valence-corrected chi connectivity index (χ1v) is 4.36. The number of rotatable bonds is 3. The van der Waals surface area contributed by atoms with Gasteiger partial charge >= 0.3 is 5.97 Å². The number of hydrogen-bond acceptors (Lipinski definition) is 2. The Bertz CT molecular complexity index is 355. The van der Waals surface area contributed by atoms with Crippen LogP contribution in [0.1, 0.15) is 5.56 Å². The first-order chi connectivity index (χ1) is 6.74. The monoisotopic (exact) mass is 208 g/mol. The molecule has 0 heterocycles. The summed E-state index contributed by atoms with van der Waals surface area (Å²) in [4.78, 5) is 11.0. The molecule has 0 radical (unpaired) electrons. The third kappa shape index (κ3) is 3.07. The standard InChI is InChI=1S/C11H9ClO2/c1-2-14-11(13)8-10(12)9-6-4-3-5-7-9/h2-8H,1H2/b10-8-. The molecule has 0 aliphatic carbocycles. The SMILES string of the molecule is C=COC(=O)/C=C(\Cl)c1ccccc1. The predicted molar refractivity (Wildman–Crippen MR) is 56.6 cm³/mol. The Morgan fingerprint density at radius 1 is 1.36 bits per heavy atom. The van der Waals surface area contributed by atoms with Gasteiger partial charge in [0.05, 0.1) is 11.3 Å². The molecule has 0 saturated heterocycles. The number of esters is 1. The molecule has 0 amide bonds. The van der Waals surface area contributed by atoms with Gasteiger partial charge in [-0.1, -0.05) is 48.5 Å². The fraction of sp³-hybridized carbons (Fsp3) is 0. The lowest BCUT2D eigenvalue weighted by Crippen LogP contribution is -1.93. The van der Waals surface area contributed by atoms with Gasteiger partial charge < -0.3 is 4.74 Å². The molecular weight excluding hydrogens is 200 g/mol. The van der Waals surface area contributed by atoms with Crippen LogP contribution in [0.2, 0.25) is 0 Å². The zero-order chi connectivity index (χ0) is 10.4. The zero-order valence-corrected chi connectivity index (χ0v) is 8.20. The molecule has 0 aliphatic rings. The molecule has 0 fully saturated rings. The summed E-state index contributed by atoms with van der Waals surface area (Å²) in [5.41, 5.74) is 0.773. The summed E-state index contributed by atoms with van der Waals surface area (Å²) in [7, 11) is 0. The van der Waals surface area contributed by atoms with Crippen LogP contribution in [0.5, 0.6) is 0 Å². The van der Waals surface area contributed by atoms with E-state index in [9.17, 15) is 4.79 Å². The van der Waals surface area contributed by atoms with Crippen LogP contribution in [-0.4, -0.2) is 5.97 Å². The van der Waals surface area contributed by atoms with E-state index < -0.39 is 5.97 Å². The van der Waals surface area contributed by atoms with Gasteiger partial charge in [-0.2, -0.15) is 0 Å². The van der Waals surface area contributed by atoms with Crippen LogP contribution >= 0.6 is 11.6 Å². The van der Waals surface area contributed by atoms with Gasteiger partial charge in [-0.3, -0.25) is 0 Å². The fourth-order valence-corrected chi connectivity index (χ4v) is 1.12. The number of hydrogen-bond donors (Lipinski definition) is 0. The second-order valence-corrected chi connectivity index (χ2v) is 2.87. The minimum absolute atomic E-state index is 0.345. The van der Waals surface area contributed by atoms with Crippen LogP contribution in [0.25, 0.3) is 5.03 Å². The average Bonchev–Trinajstić information content (AvgIpc) is 2.19. The van der Waals surface area contributed by atoms with E-state index in [4.69, 9.17) is 11.6 Å². The first-order valence-electron chi connectivity index (χ1n) is 3.98. The molecule has 2 nitrogen and oxygen atoms in total. The summed E-state index contributed by atoms with van der Waals surface area (Å²) in [6.45, 7) is 3.27. The van der Waals surface area contributed by atoms with Gasteiger partial charge in [-0.05, 0) is 5.56 Å². The molecule has 72 valence electrons. The Morgan fingerprint density at radius 3 is 2.57 bits per heavy atom. The van der Waals surface area contributed by atoms with E-state index in [0.717, 1.165) is 11.8 Å². The molecule has 0 aliphatic heterocycles. The maximum Gasteiger partial charge on any atom is 0.337 e. The zero-order valence-electron chi connectivity index (χ0n) is 7.44. The molecule has 1 aromatic carbocycles. The highest BCUT2D eigenvalue weighted by Gasteiger charge is 2.01. The third-order valence-corrected chi connectivity index (χ3v) is 1.82. The van der Waals surface area contributed by atoms with E-state index in [1.54, 1.807) is 12.1 Å². The topological polar surface area (TPSA) is 26.3 Å². The molecule has 1 aromatic rings. The molecule has 0 bridgehead atoms. The molecule has 0 unspecified atom stereocenters. The molecule has 0 atom stereocenters. The molecule has 1 rings (SSSR count). The summed E-state index contributed by atoms with van der Waals surface area (Å²) >= 11 is 5.86. The minimum atomic E-state index is -0.533. The minimum Gasteiger partial charge on any atom is -0.432 e. The number of benzene rings is 1. The summed E-state index contributed by atoms with van der Waals surface area (Å²) in [5.74, 6) is -0.533. The van der Waals surface area contributed by atoms with Crippen molar-refractivity contribution < 1.29 is 9.53 Å². The van der Waals surface area contributed by atoms with Crippen molar-refractivity contribution in [1.82, 2.24) is 0 Å². The second-order valence-electron chi connectivity index (χ2n) is 2.46. The molecule has 0 N–H and O–H groups in total. The summed E-state index contributed by atoms with van der Waals surface area (Å²) in [5, 5.41) is 0.345. The summed E-state index contributed by atoms with van der Waals surface area (Å²) < 4.78 is 4.50. The molecule has 3 heteroatoms. The second kappa shape index (κ2) is 5.25. The highest BCUT2D eigenvalue weighted by molar-refractivity contribution is 6.50. The van der Waals surface area contributed by atoms with Gasteiger partial charge in [-0.15, -0.1) is 0 Å². The number of carbonyl (C=O) groups excluding carboxylic acids is 1. The fourth-order valence-electron chi connectivity index (χ4n) is 0.900. The maximum atomic E-state index is 11.0. The van der Waals surface area contributed by atoms with Gasteiger partial charge in [0.2, 0.25) is 0 Å². The van der Waals surface area contributed by atoms with E-state index >= 15 is 0 Å². The van der Waals surface area contributed by atoms with Crippen LogP contribution in [0.15, 0.2) is 49.2 Å². The third-order valence-electron chi connectivity index (χ3n) is 1.49. The lowest BCUT2D eigenvalue weighted by molar-refractivity contribution is -0.132. The Balaban J connectivity index is 2.79. The van der Waals surface area contributed by atoms with Gasteiger partial charge in [0.15, 0.2) is 0 Å². The maximum absolute atomic E-state index is 11.0. The van der Waals surface area contributed by atoms with E-state index in [0.29, 0.717) is 5.03 Å². The van der Waals surface area contributed by atoms with E-state index in [1.807, 2.05) is 18.2 Å². The van der Waals surface area contributed by atoms with Crippen molar-refractivity contribution in [3.05, 3.63) is 54.8 Å². The van der Waals surface area contributed by atoms with E-state index in [1.165, 1.54) is 6.08 Å². The van der Waals surface area contributed by atoms with Gasteiger partial charge in [-0.25, -0.2) is 4.79 Å². The highest BCUT2D eigenvalue weighted by Crippen LogP contribution is 2.17. The normalized spacial score (nSPS) is 10.8. The van der Waals surface area contributed by atoms with Crippen molar-refractivity contribution in [1.29, 1.82) is 0 Å². The highest BCUT2D eigenvalue weighted by atomic mass is 35.5. The number of halogens is 1. The van der Waals surface area contributed by atoms with E-state index in [-0.39, 0.29) is 0 Å². The smallest absolute Gasteiger partial charge is 0.337 e. The van der Waals surface area contributed by atoms with Gasteiger partial charge in [0.1, 0.15) is 0 Å². The van der Waals surface area contributed by atoms with Crippen LogP contribution in [-0.2, 0) is 9.53 Å². The van der Waals surface area contributed by atoms with E-state index in [2.05, 4.69) is 11.3 Å². The molecule has 0 saturated carbocycles. The number of ether oxygens (including phenoxy) is 1. The van der Waals surface area contributed by atoms with Crippen molar-refractivity contribution >= 4 is 22.6 Å². The van der Waals surface area contributed by atoms with Crippen molar-refractivity contribution in [3.63, 3.8) is 0 Å². The van der Waals surface area contributed by atoms with Crippen LogP contribution in [0.3, 0.4) is 0 Å². The van der Waals surface area contributed by atoms with Crippen LogP contribution < -0.4 is 0 Å². The molecule has 0 spiro atoms. The Morgan fingerprint density at radius 2 is 2.00 bits per heavy atom. The quantitative estimate of drug-likeness (QED) is 0.434. The average molecular weight is 209 g/mol. The Labute approximate surface area is 87.5 Å². The largest absolute Gasteiger partial charge is 0.432 e. The molecule has 0 aromatic heterocycles. The van der Waals surface area contributed by atoms with Crippen LogP contribution in [0.4, 0.5) is 0 Å². The Hall–Kier alpha value is -1.54. The van der Waals surface area contributed by atoms with Crippen molar-refractivity contribution in [2.45, 2.75) is 0 Å². The van der Waals surface area contributed by atoms with Crippen molar-refractivity contribution in [2.24, 2.45) is 0 Å². The molecule has 14 heavy (non-hydrogen) atoms. The van der Waals surface area contributed by atoms with Gasteiger partial charge in [0, 0.05) is 6.08 Å². The lowest BCUT2D eigenvalue weighted by atomic mass is 10.2. The summed E-state index contributed by atoms with van der Waals surface area (Å²) in [6, 6.07) is 9.16. The van der Waals surface area contributed by atoms with Crippen LogP contribution in [0, 0.1) is 0 Å². The summed E-state index contributed by atoms with van der Waals surface area (Å²) in [6.07, 6.45) is 2.27. The predicted octanol–water partition coefficient (Wildman–Crippen LogP) is 2.95. The Kier molecular flexibility index (Phi) is 3.95. The first kappa shape index (κ1) is 10.5. The molecular formula is C11H9ClO2. The van der Waals surface area contributed by atoms with Crippen molar-refractivity contribution in [2.75, 3.05) is 0 Å². The van der Waals surface area contributed by atoms with Gasteiger partial charge in [0.25, 0.3) is 0 Å². The lowest BCUT2D eigenvalue weighted by Gasteiger charge is -1.97.